The normalized spacial score (nSPS) is 18.4. The van der Waals surface area contributed by atoms with Gasteiger partial charge < -0.3 is 58.6 Å². The molecule has 1 aliphatic heterocycles. The molecule has 17 nitrogen and oxygen atoms in total. The Morgan fingerprint density at radius 3 is 1.93 bits per heavy atom. The van der Waals surface area contributed by atoms with E-state index in [0.29, 0.717) is 37.3 Å². The monoisotopic (exact) mass is 949 g/mol. The molecule has 0 radical (unpaired) electrons. The maximum Gasteiger partial charge on any atom is 0.306 e. The predicted octanol–water partition coefficient (Wildman–Crippen LogP) is 5.10. The van der Waals surface area contributed by atoms with Gasteiger partial charge in [-0.1, -0.05) is 74.9 Å². The van der Waals surface area contributed by atoms with E-state index in [9.17, 15) is 24.0 Å². The summed E-state index contributed by atoms with van der Waals surface area (Å²) < 4.78 is 52.3. The van der Waals surface area contributed by atoms with Crippen molar-refractivity contribution in [1.82, 2.24) is 16.0 Å². The molecule has 374 valence electrons. The van der Waals surface area contributed by atoms with Crippen LogP contribution in [-0.4, -0.2) is 129 Å². The zero-order valence-corrected chi connectivity index (χ0v) is 40.6. The van der Waals surface area contributed by atoms with Gasteiger partial charge in [0, 0.05) is 39.8 Å². The number of carbonyl (C=O) groups excluding carboxylic acids is 5. The Labute approximate surface area is 400 Å². The molecule has 6 atom stereocenters. The van der Waals surface area contributed by atoms with E-state index in [0.717, 1.165) is 16.7 Å². The Balaban J connectivity index is 1.28. The van der Waals surface area contributed by atoms with Crippen molar-refractivity contribution in [2.45, 2.75) is 83.8 Å². The third-order valence-electron chi connectivity index (χ3n) is 11.9. The minimum Gasteiger partial charge on any atom is -0.497 e. The number of methoxy groups -OCH3 is 2. The van der Waals surface area contributed by atoms with Crippen LogP contribution < -0.4 is 25.4 Å². The van der Waals surface area contributed by atoms with Gasteiger partial charge in [0.05, 0.1) is 72.4 Å². The van der Waals surface area contributed by atoms with Crippen molar-refractivity contribution in [2.75, 3.05) is 80.7 Å². The standard InChI is InChI=1S/C51H71N3O14/c1-35-36(2)49(54-37(3)55)50(68-45(35)33-65-38(4)56)64-30-29-62-27-28-63-34-47(58)53-26-12-11-13-39(31-66-48(59)25-24-46(57)52-5)32-67-51(40-14-9-8-10-15-40,41-16-20-43(60-6)21-17-41)42-18-22-44(61-7)23-19-42/h8-10,14-23,35-36,39,45,49-50H,11-13,24-34H2,1-7H3,(H,52,57)(H,53,58)(H,54,55). The van der Waals surface area contributed by atoms with E-state index in [1.54, 1.807) is 14.2 Å². The number of carbonyl (C=O) groups is 5. The van der Waals surface area contributed by atoms with E-state index in [1.165, 1.54) is 20.9 Å². The third-order valence-corrected chi connectivity index (χ3v) is 11.9. The van der Waals surface area contributed by atoms with Crippen LogP contribution in [0.25, 0.3) is 0 Å². The van der Waals surface area contributed by atoms with Gasteiger partial charge in [-0.15, -0.1) is 0 Å². The lowest BCUT2D eigenvalue weighted by Crippen LogP contribution is -2.58. The molecule has 3 amide bonds. The van der Waals surface area contributed by atoms with Crippen LogP contribution in [0.2, 0.25) is 0 Å². The van der Waals surface area contributed by atoms with Gasteiger partial charge in [-0.3, -0.25) is 24.0 Å². The second-order valence-electron chi connectivity index (χ2n) is 16.7. The molecular formula is C51H71N3O14. The highest BCUT2D eigenvalue weighted by atomic mass is 16.7. The second-order valence-corrected chi connectivity index (χ2v) is 16.7. The highest BCUT2D eigenvalue weighted by Gasteiger charge is 2.43. The zero-order chi connectivity index (χ0) is 49.3. The van der Waals surface area contributed by atoms with E-state index in [-0.39, 0.29) is 101 Å². The van der Waals surface area contributed by atoms with Gasteiger partial charge in [-0.05, 0) is 65.6 Å². The first kappa shape index (κ1) is 55.0. The topological polar surface area (TPSA) is 205 Å². The van der Waals surface area contributed by atoms with Crippen LogP contribution in [0.15, 0.2) is 78.9 Å². The summed E-state index contributed by atoms with van der Waals surface area (Å²) in [7, 11) is 4.75. The number of esters is 2. The molecule has 0 spiro atoms. The van der Waals surface area contributed by atoms with Crippen molar-refractivity contribution in [3.05, 3.63) is 95.6 Å². The Kier molecular flexibility index (Phi) is 23.7. The molecular weight excluding hydrogens is 879 g/mol. The van der Waals surface area contributed by atoms with Gasteiger partial charge in [-0.25, -0.2) is 0 Å². The Morgan fingerprint density at radius 1 is 0.706 bits per heavy atom. The van der Waals surface area contributed by atoms with Gasteiger partial charge in [0.2, 0.25) is 17.7 Å². The molecule has 1 fully saturated rings. The molecule has 3 aromatic rings. The van der Waals surface area contributed by atoms with Gasteiger partial charge in [0.25, 0.3) is 0 Å². The van der Waals surface area contributed by atoms with Crippen LogP contribution in [0.1, 0.15) is 76.5 Å². The number of nitrogens with one attached hydrogen (secondary N) is 3. The minimum atomic E-state index is -1.08. The van der Waals surface area contributed by atoms with Crippen molar-refractivity contribution >= 4 is 29.7 Å². The van der Waals surface area contributed by atoms with Crippen molar-refractivity contribution < 1.29 is 66.6 Å². The summed E-state index contributed by atoms with van der Waals surface area (Å²) in [5.41, 5.74) is 1.54. The Morgan fingerprint density at radius 2 is 1.32 bits per heavy atom. The fraction of sp³-hybridized carbons (Fsp3) is 0.549. The predicted molar refractivity (Wildman–Crippen MR) is 252 cm³/mol. The second kappa shape index (κ2) is 29.3. The van der Waals surface area contributed by atoms with Crippen LogP contribution in [-0.2, 0) is 62.7 Å². The summed E-state index contributed by atoms with van der Waals surface area (Å²) in [5.74, 6) is -0.470. The SMILES string of the molecule is CNC(=O)CCC(=O)OCC(CCCCNC(=O)COCCOCCOC1OC(COC(C)=O)C(C)C(C)C1NC(C)=O)COC(c1ccccc1)(c1ccc(OC)cc1)c1ccc(OC)cc1. The number of ether oxygens (including phenoxy) is 9. The van der Waals surface area contributed by atoms with Gasteiger partial charge >= 0.3 is 11.9 Å². The first-order chi connectivity index (χ1) is 32.8. The fourth-order valence-electron chi connectivity index (χ4n) is 7.86. The van der Waals surface area contributed by atoms with E-state index in [2.05, 4.69) is 16.0 Å². The van der Waals surface area contributed by atoms with Crippen LogP contribution >= 0.6 is 0 Å². The molecule has 0 aliphatic carbocycles. The molecule has 17 heteroatoms. The van der Waals surface area contributed by atoms with Crippen LogP contribution in [0.5, 0.6) is 11.5 Å². The smallest absolute Gasteiger partial charge is 0.306 e. The molecule has 68 heavy (non-hydrogen) atoms. The summed E-state index contributed by atoms with van der Waals surface area (Å²) in [4.78, 5) is 60.6. The highest BCUT2D eigenvalue weighted by Crippen LogP contribution is 2.42. The Hall–Kier alpha value is -5.59. The average Bonchev–Trinajstić information content (AvgIpc) is 3.35. The summed E-state index contributed by atoms with van der Waals surface area (Å²) >= 11 is 0. The van der Waals surface area contributed by atoms with Crippen molar-refractivity contribution in [1.29, 1.82) is 0 Å². The molecule has 4 rings (SSSR count). The molecule has 1 heterocycles. The molecule has 0 aromatic heterocycles. The van der Waals surface area contributed by atoms with E-state index in [4.69, 9.17) is 42.6 Å². The number of benzene rings is 3. The summed E-state index contributed by atoms with van der Waals surface area (Å²) in [5, 5.41) is 8.34. The molecule has 1 saturated heterocycles. The quantitative estimate of drug-likeness (QED) is 0.0452. The third kappa shape index (κ3) is 17.5. The van der Waals surface area contributed by atoms with Gasteiger partial charge in [0.15, 0.2) is 6.29 Å². The van der Waals surface area contributed by atoms with E-state index < -0.39 is 36.0 Å². The van der Waals surface area contributed by atoms with Crippen LogP contribution in [0.4, 0.5) is 0 Å². The van der Waals surface area contributed by atoms with Crippen molar-refractivity contribution in [2.24, 2.45) is 17.8 Å². The van der Waals surface area contributed by atoms with Crippen molar-refractivity contribution in [3.8, 4) is 11.5 Å². The number of rotatable bonds is 30. The molecule has 0 bridgehead atoms. The average molecular weight is 950 g/mol. The molecule has 3 N–H and O–H groups in total. The molecule has 0 saturated carbocycles. The maximum absolute atomic E-state index is 12.8. The van der Waals surface area contributed by atoms with Crippen molar-refractivity contribution in [3.63, 3.8) is 0 Å². The number of unbranched alkanes of at least 4 members (excludes halogenated alkanes) is 1. The van der Waals surface area contributed by atoms with E-state index >= 15 is 0 Å². The molecule has 6 unspecified atom stereocenters. The first-order valence-corrected chi connectivity index (χ1v) is 23.3. The number of hydrogen-bond donors (Lipinski definition) is 3. The minimum absolute atomic E-state index is 0.00308. The van der Waals surface area contributed by atoms with Gasteiger partial charge in [0.1, 0.15) is 30.3 Å². The summed E-state index contributed by atoms with van der Waals surface area (Å²) in [6, 6.07) is 25.0. The highest BCUT2D eigenvalue weighted by molar-refractivity contribution is 5.81. The molecule has 1 aliphatic rings. The lowest BCUT2D eigenvalue weighted by atomic mass is 9.79. The summed E-state index contributed by atoms with van der Waals surface area (Å²) in [6.07, 6.45) is 0.763. The molecule has 3 aromatic carbocycles. The summed E-state index contributed by atoms with van der Waals surface area (Å²) in [6.45, 7) is 8.18. The first-order valence-electron chi connectivity index (χ1n) is 23.3. The maximum atomic E-state index is 12.8. The Bertz CT molecular complexity index is 1930. The van der Waals surface area contributed by atoms with Gasteiger partial charge in [-0.2, -0.15) is 0 Å². The zero-order valence-electron chi connectivity index (χ0n) is 40.6. The largest absolute Gasteiger partial charge is 0.497 e. The number of amides is 3. The van der Waals surface area contributed by atoms with E-state index in [1.807, 2.05) is 92.7 Å². The van der Waals surface area contributed by atoms with Crippen LogP contribution in [0, 0.1) is 17.8 Å². The number of hydrogen-bond acceptors (Lipinski definition) is 14. The lowest BCUT2D eigenvalue weighted by Gasteiger charge is -2.44. The fourth-order valence-corrected chi connectivity index (χ4v) is 7.86. The van der Waals surface area contributed by atoms with Crippen LogP contribution in [0.3, 0.4) is 0 Å². The lowest BCUT2D eigenvalue weighted by molar-refractivity contribution is -0.247.